The van der Waals surface area contributed by atoms with Crippen molar-refractivity contribution in [3.05, 3.63) is 0 Å². The second-order valence-electron chi connectivity index (χ2n) is 11.6. The van der Waals surface area contributed by atoms with Gasteiger partial charge in [-0.1, -0.05) is 20.3 Å². The molecular weight excluding hydrogens is 379 g/mol. The number of rotatable bonds is 6. The Morgan fingerprint density at radius 3 is 2.60 bits per heavy atom. The lowest BCUT2D eigenvalue weighted by atomic mass is 9.43. The van der Waals surface area contributed by atoms with Gasteiger partial charge in [0.05, 0.1) is 18.8 Å². The van der Waals surface area contributed by atoms with Crippen molar-refractivity contribution in [2.75, 3.05) is 27.7 Å². The van der Waals surface area contributed by atoms with Gasteiger partial charge in [0.25, 0.3) is 0 Å². The van der Waals surface area contributed by atoms with E-state index in [9.17, 15) is 4.79 Å². The predicted octanol–water partition coefficient (Wildman–Crippen LogP) is 2.95. The Hall–Kier alpha value is -0.625. The van der Waals surface area contributed by atoms with Crippen LogP contribution in [0.25, 0.3) is 0 Å². The highest BCUT2D eigenvalue weighted by Gasteiger charge is 2.67. The van der Waals surface area contributed by atoms with Crippen LogP contribution in [0, 0.1) is 29.1 Å². The molecule has 0 unspecified atom stereocenters. The van der Waals surface area contributed by atoms with E-state index in [-0.39, 0.29) is 30.7 Å². The van der Waals surface area contributed by atoms with Crippen molar-refractivity contribution in [2.24, 2.45) is 34.8 Å². The van der Waals surface area contributed by atoms with Gasteiger partial charge in [0.2, 0.25) is 0 Å². The number of nitrogens with two attached hydrogens (primary N) is 1. The molecule has 0 aromatic heterocycles. The van der Waals surface area contributed by atoms with Crippen LogP contribution in [0.1, 0.15) is 59.3 Å². The van der Waals surface area contributed by atoms with Gasteiger partial charge in [-0.3, -0.25) is 4.79 Å². The van der Waals surface area contributed by atoms with Gasteiger partial charge >= 0.3 is 13.1 Å². The molecule has 2 N–H and O–H groups in total. The van der Waals surface area contributed by atoms with E-state index >= 15 is 0 Å². The molecule has 0 amide bonds. The zero-order chi connectivity index (χ0) is 21.9. The minimum atomic E-state index is -0.898. The summed E-state index contributed by atoms with van der Waals surface area (Å²) >= 11 is 0. The fourth-order valence-corrected chi connectivity index (χ4v) is 7.27. The lowest BCUT2D eigenvalue weighted by molar-refractivity contribution is -0.199. The average Bonchev–Trinajstić information content (AvgIpc) is 3.03. The maximum atomic E-state index is 12.6. The number of carbonyl (C=O) groups is 1. The van der Waals surface area contributed by atoms with Gasteiger partial charge in [-0.05, 0) is 82.6 Å². The van der Waals surface area contributed by atoms with E-state index in [1.165, 1.54) is 13.5 Å². The van der Waals surface area contributed by atoms with Gasteiger partial charge < -0.3 is 24.7 Å². The van der Waals surface area contributed by atoms with E-state index < -0.39 is 5.54 Å². The number of esters is 1. The third-order valence-corrected chi connectivity index (χ3v) is 9.24. The van der Waals surface area contributed by atoms with Crippen LogP contribution in [-0.4, -0.2) is 63.0 Å². The maximum absolute atomic E-state index is 12.6. The van der Waals surface area contributed by atoms with Crippen molar-refractivity contribution >= 4 is 13.1 Å². The lowest BCUT2D eigenvalue weighted by Crippen LogP contribution is -2.65. The first-order valence-corrected chi connectivity index (χ1v) is 11.9. The summed E-state index contributed by atoms with van der Waals surface area (Å²) in [4.78, 5) is 14.7. The van der Waals surface area contributed by atoms with Crippen LogP contribution in [0.15, 0.2) is 0 Å². The molecule has 2 bridgehead atoms. The number of hydrogen-bond donors (Lipinski definition) is 1. The topological polar surface area (TPSA) is 74.0 Å². The summed E-state index contributed by atoms with van der Waals surface area (Å²) in [5.74, 6) is 1.63. The van der Waals surface area contributed by atoms with Crippen molar-refractivity contribution in [2.45, 2.75) is 82.9 Å². The summed E-state index contributed by atoms with van der Waals surface area (Å²) in [5.41, 5.74) is 6.01. The van der Waals surface area contributed by atoms with E-state index in [1.54, 1.807) is 0 Å². The molecule has 5 rings (SSSR count). The molecule has 5 fully saturated rings. The molecule has 7 heteroatoms. The largest absolute Gasteiger partial charge is 0.468 e. The van der Waals surface area contributed by atoms with Crippen LogP contribution < -0.4 is 5.73 Å². The molecular formula is C23H41BN2O4. The summed E-state index contributed by atoms with van der Waals surface area (Å²) in [6, 6.07) is 0. The van der Waals surface area contributed by atoms with Crippen molar-refractivity contribution in [1.82, 2.24) is 4.90 Å². The number of ether oxygens (including phenoxy) is 1. The molecule has 0 aromatic carbocycles. The van der Waals surface area contributed by atoms with E-state index in [2.05, 4.69) is 25.7 Å². The van der Waals surface area contributed by atoms with Crippen molar-refractivity contribution in [3.8, 4) is 0 Å². The highest BCUT2D eigenvalue weighted by Crippen LogP contribution is 2.65. The molecule has 30 heavy (non-hydrogen) atoms. The SMILES string of the molecule is COC(=O)[C@@]1(N)C[C@H](CCB2O[C@H]3C[C@H]4C[C@H](C4(C)C)[C@@]3(C)O2)CC[C@H]1CN(C)C. The molecule has 1 saturated heterocycles. The van der Waals surface area contributed by atoms with Crippen LogP contribution in [-0.2, 0) is 18.8 Å². The first-order valence-electron chi connectivity index (χ1n) is 11.9. The minimum absolute atomic E-state index is 0.125. The minimum Gasteiger partial charge on any atom is -0.468 e. The number of nitrogens with zero attached hydrogens (tertiary/aromatic N) is 1. The Kier molecular flexibility index (Phi) is 5.83. The number of carbonyl (C=O) groups excluding carboxylic acids is 1. The molecule has 0 spiro atoms. The van der Waals surface area contributed by atoms with E-state index in [4.69, 9.17) is 19.8 Å². The Balaban J connectivity index is 1.35. The molecule has 1 heterocycles. The zero-order valence-corrected chi connectivity index (χ0v) is 19.8. The third kappa shape index (κ3) is 3.54. The Morgan fingerprint density at radius 1 is 1.23 bits per heavy atom. The lowest BCUT2D eigenvalue weighted by Gasteiger charge is -2.64. The molecule has 1 aliphatic heterocycles. The van der Waals surface area contributed by atoms with Crippen molar-refractivity contribution in [3.63, 3.8) is 0 Å². The predicted molar refractivity (Wildman–Crippen MR) is 118 cm³/mol. The highest BCUT2D eigenvalue weighted by atomic mass is 16.7. The van der Waals surface area contributed by atoms with Crippen LogP contribution in [0.3, 0.4) is 0 Å². The summed E-state index contributed by atoms with van der Waals surface area (Å²) < 4.78 is 18.1. The van der Waals surface area contributed by atoms with E-state index in [0.29, 0.717) is 23.7 Å². The molecule has 5 aliphatic rings. The quantitative estimate of drug-likeness (QED) is 0.526. The van der Waals surface area contributed by atoms with Gasteiger partial charge in [0, 0.05) is 12.5 Å². The Morgan fingerprint density at radius 2 is 1.97 bits per heavy atom. The monoisotopic (exact) mass is 420 g/mol. The van der Waals surface area contributed by atoms with Gasteiger partial charge in [0.1, 0.15) is 5.54 Å². The van der Waals surface area contributed by atoms with Crippen molar-refractivity contribution in [1.29, 1.82) is 0 Å². The second-order valence-corrected chi connectivity index (χ2v) is 11.6. The van der Waals surface area contributed by atoms with Gasteiger partial charge in [-0.2, -0.15) is 0 Å². The highest BCUT2D eigenvalue weighted by molar-refractivity contribution is 6.45. The standard InChI is InChI=1S/C23H41BN2O4/c1-21(2)17-11-18(21)22(3)19(12-17)29-24(30-22)10-9-15-7-8-16(14-26(4)5)23(25,13-15)20(27)28-6/h15-19H,7-14,25H2,1-6H3/t15-,16-,17+,18+,19-,22+,23+/m0/s1. The summed E-state index contributed by atoms with van der Waals surface area (Å²) in [6.45, 7) is 7.87. The maximum Gasteiger partial charge on any atom is 0.457 e. The molecule has 170 valence electrons. The Bertz CT molecular complexity index is 674. The molecule has 6 nitrogen and oxygen atoms in total. The van der Waals surface area contributed by atoms with Crippen molar-refractivity contribution < 1.29 is 18.8 Å². The Labute approximate surface area is 182 Å². The van der Waals surface area contributed by atoms with Crippen LogP contribution in [0.4, 0.5) is 0 Å². The third-order valence-electron chi connectivity index (χ3n) is 9.24. The second kappa shape index (κ2) is 7.75. The molecule has 7 atom stereocenters. The van der Waals surface area contributed by atoms with Crippen LogP contribution in [0.2, 0.25) is 6.32 Å². The molecule has 0 aromatic rings. The summed E-state index contributed by atoms with van der Waals surface area (Å²) in [5, 5.41) is 0. The van der Waals surface area contributed by atoms with Crippen LogP contribution in [0.5, 0.6) is 0 Å². The van der Waals surface area contributed by atoms with Gasteiger partial charge in [-0.15, -0.1) is 0 Å². The molecule has 4 saturated carbocycles. The first-order chi connectivity index (χ1) is 14.0. The smallest absolute Gasteiger partial charge is 0.457 e. The van der Waals surface area contributed by atoms with E-state index in [1.807, 2.05) is 14.1 Å². The average molecular weight is 420 g/mol. The first kappa shape index (κ1) is 22.6. The fraction of sp³-hybridized carbons (Fsp3) is 0.957. The zero-order valence-electron chi connectivity index (χ0n) is 19.8. The normalized spacial score (nSPS) is 44.5. The number of hydrogen-bond acceptors (Lipinski definition) is 6. The van der Waals surface area contributed by atoms with E-state index in [0.717, 1.165) is 44.5 Å². The van der Waals surface area contributed by atoms with Gasteiger partial charge in [-0.25, -0.2) is 0 Å². The van der Waals surface area contributed by atoms with Crippen LogP contribution >= 0.6 is 0 Å². The summed E-state index contributed by atoms with van der Waals surface area (Å²) in [7, 11) is 5.39. The number of methoxy groups -OCH3 is 1. The fourth-order valence-electron chi connectivity index (χ4n) is 7.27. The summed E-state index contributed by atoms with van der Waals surface area (Å²) in [6.07, 6.45) is 7.24. The molecule has 4 aliphatic carbocycles. The van der Waals surface area contributed by atoms with Gasteiger partial charge in [0.15, 0.2) is 0 Å². The molecule has 0 radical (unpaired) electrons.